The number of hydrogen-bond donors (Lipinski definition) is 2. The van der Waals surface area contributed by atoms with Crippen molar-refractivity contribution in [3.8, 4) is 5.75 Å². The second-order valence-corrected chi connectivity index (χ2v) is 7.54. The standard InChI is InChI=1S/C26H29NO3/c1-20(15-16-30-24-14-8-9-21(17-24)18-26(28)29)27-19-25(22-10-4-2-5-11-22)23-12-6-3-7-13-23/h2-14,17,20,25,27H,15-16,18-19H2,1H3,(H,28,29). The summed E-state index contributed by atoms with van der Waals surface area (Å²) in [6.45, 7) is 3.59. The fraction of sp³-hybridized carbons (Fsp3) is 0.269. The molecule has 0 saturated heterocycles. The summed E-state index contributed by atoms with van der Waals surface area (Å²) in [6.07, 6.45) is 0.870. The van der Waals surface area contributed by atoms with Gasteiger partial charge in [0.25, 0.3) is 0 Å². The van der Waals surface area contributed by atoms with Crippen molar-refractivity contribution in [1.29, 1.82) is 0 Å². The highest BCUT2D eigenvalue weighted by molar-refractivity contribution is 5.70. The molecule has 4 nitrogen and oxygen atoms in total. The summed E-state index contributed by atoms with van der Waals surface area (Å²) >= 11 is 0. The second kappa shape index (κ2) is 11.2. The molecule has 0 aliphatic rings. The molecule has 0 fully saturated rings. The Hall–Kier alpha value is -3.11. The van der Waals surface area contributed by atoms with Gasteiger partial charge in [0.1, 0.15) is 5.75 Å². The molecule has 4 heteroatoms. The number of benzene rings is 3. The highest BCUT2D eigenvalue weighted by Crippen LogP contribution is 2.24. The number of rotatable bonds is 11. The highest BCUT2D eigenvalue weighted by atomic mass is 16.5. The lowest BCUT2D eigenvalue weighted by atomic mass is 9.91. The second-order valence-electron chi connectivity index (χ2n) is 7.54. The Morgan fingerprint density at radius 3 is 2.17 bits per heavy atom. The van der Waals surface area contributed by atoms with E-state index in [2.05, 4.69) is 60.8 Å². The van der Waals surface area contributed by atoms with Gasteiger partial charge in [0, 0.05) is 18.5 Å². The Morgan fingerprint density at radius 2 is 1.57 bits per heavy atom. The molecule has 0 bridgehead atoms. The van der Waals surface area contributed by atoms with Crippen molar-refractivity contribution in [2.45, 2.75) is 31.7 Å². The molecule has 156 valence electrons. The summed E-state index contributed by atoms with van der Waals surface area (Å²) in [5, 5.41) is 12.6. The van der Waals surface area contributed by atoms with E-state index in [0.29, 0.717) is 24.3 Å². The van der Waals surface area contributed by atoms with Crippen LogP contribution in [-0.4, -0.2) is 30.3 Å². The zero-order chi connectivity index (χ0) is 21.2. The normalized spacial score (nSPS) is 11.9. The average Bonchev–Trinajstić information content (AvgIpc) is 2.75. The van der Waals surface area contributed by atoms with Crippen LogP contribution in [0.4, 0.5) is 0 Å². The van der Waals surface area contributed by atoms with Crippen LogP contribution in [0.5, 0.6) is 5.75 Å². The molecule has 0 aromatic heterocycles. The first kappa shape index (κ1) is 21.6. The molecular formula is C26H29NO3. The summed E-state index contributed by atoms with van der Waals surface area (Å²) in [6, 6.07) is 28.7. The molecule has 3 aromatic rings. The van der Waals surface area contributed by atoms with Gasteiger partial charge in [-0.3, -0.25) is 4.79 Å². The van der Waals surface area contributed by atoms with E-state index in [4.69, 9.17) is 9.84 Å². The fourth-order valence-electron chi connectivity index (χ4n) is 3.49. The SMILES string of the molecule is CC(CCOc1cccc(CC(=O)O)c1)NCC(c1ccccc1)c1ccccc1. The molecule has 0 radical (unpaired) electrons. The average molecular weight is 404 g/mol. The van der Waals surface area contributed by atoms with E-state index in [-0.39, 0.29) is 6.42 Å². The van der Waals surface area contributed by atoms with E-state index in [1.807, 2.05) is 24.3 Å². The molecule has 1 atom stereocenters. The summed E-state index contributed by atoms with van der Waals surface area (Å²) < 4.78 is 5.84. The molecule has 0 amide bonds. The van der Waals surface area contributed by atoms with Gasteiger partial charge in [-0.15, -0.1) is 0 Å². The predicted molar refractivity (Wildman–Crippen MR) is 120 cm³/mol. The van der Waals surface area contributed by atoms with Crippen molar-refractivity contribution in [2.75, 3.05) is 13.2 Å². The number of carbonyl (C=O) groups is 1. The third-order valence-corrected chi connectivity index (χ3v) is 5.15. The van der Waals surface area contributed by atoms with Gasteiger partial charge in [-0.1, -0.05) is 72.8 Å². The molecular weight excluding hydrogens is 374 g/mol. The number of hydrogen-bond acceptors (Lipinski definition) is 3. The maximum Gasteiger partial charge on any atom is 0.307 e. The predicted octanol–water partition coefficient (Wildman–Crippen LogP) is 4.89. The third kappa shape index (κ3) is 6.75. The lowest BCUT2D eigenvalue weighted by Crippen LogP contribution is -2.32. The van der Waals surface area contributed by atoms with Gasteiger partial charge in [0.2, 0.25) is 0 Å². The lowest BCUT2D eigenvalue weighted by molar-refractivity contribution is -0.136. The third-order valence-electron chi connectivity index (χ3n) is 5.15. The maximum atomic E-state index is 10.9. The Bertz CT molecular complexity index is 872. The van der Waals surface area contributed by atoms with Gasteiger partial charge in [-0.05, 0) is 42.2 Å². The van der Waals surface area contributed by atoms with Crippen molar-refractivity contribution in [3.63, 3.8) is 0 Å². The van der Waals surface area contributed by atoms with Gasteiger partial charge < -0.3 is 15.2 Å². The molecule has 3 rings (SSSR count). The Balaban J connectivity index is 1.51. The fourth-order valence-corrected chi connectivity index (χ4v) is 3.49. The van der Waals surface area contributed by atoms with E-state index < -0.39 is 5.97 Å². The molecule has 2 N–H and O–H groups in total. The van der Waals surface area contributed by atoms with E-state index in [9.17, 15) is 4.79 Å². The van der Waals surface area contributed by atoms with Crippen LogP contribution in [-0.2, 0) is 11.2 Å². The van der Waals surface area contributed by atoms with Crippen LogP contribution in [0.2, 0.25) is 0 Å². The van der Waals surface area contributed by atoms with Crippen LogP contribution in [0.1, 0.15) is 36.0 Å². The minimum atomic E-state index is -0.837. The number of nitrogens with one attached hydrogen (secondary N) is 1. The molecule has 0 aliphatic heterocycles. The molecule has 0 saturated carbocycles. The lowest BCUT2D eigenvalue weighted by Gasteiger charge is -2.22. The summed E-state index contributed by atoms with van der Waals surface area (Å²) in [5.74, 6) is 0.173. The van der Waals surface area contributed by atoms with Crippen LogP contribution in [0.15, 0.2) is 84.9 Å². The van der Waals surface area contributed by atoms with E-state index >= 15 is 0 Å². The topological polar surface area (TPSA) is 58.6 Å². The van der Waals surface area contributed by atoms with Gasteiger partial charge in [-0.25, -0.2) is 0 Å². The smallest absolute Gasteiger partial charge is 0.307 e. The first-order valence-corrected chi connectivity index (χ1v) is 10.4. The van der Waals surface area contributed by atoms with E-state index in [0.717, 1.165) is 18.5 Å². The van der Waals surface area contributed by atoms with Gasteiger partial charge in [0.05, 0.1) is 13.0 Å². The number of carboxylic acids is 1. The Morgan fingerprint density at radius 1 is 0.933 bits per heavy atom. The molecule has 0 aliphatic carbocycles. The Labute approximate surface area is 178 Å². The van der Waals surface area contributed by atoms with Crippen LogP contribution in [0.3, 0.4) is 0 Å². The van der Waals surface area contributed by atoms with Crippen molar-refractivity contribution >= 4 is 5.97 Å². The maximum absolute atomic E-state index is 10.9. The zero-order valence-corrected chi connectivity index (χ0v) is 17.3. The van der Waals surface area contributed by atoms with Crippen LogP contribution < -0.4 is 10.1 Å². The van der Waals surface area contributed by atoms with Gasteiger partial charge in [-0.2, -0.15) is 0 Å². The van der Waals surface area contributed by atoms with Crippen molar-refractivity contribution < 1.29 is 14.6 Å². The Kier molecular flexibility index (Phi) is 8.04. The largest absolute Gasteiger partial charge is 0.494 e. The van der Waals surface area contributed by atoms with Crippen molar-refractivity contribution in [1.82, 2.24) is 5.32 Å². The molecule has 0 spiro atoms. The monoisotopic (exact) mass is 403 g/mol. The molecule has 3 aromatic carbocycles. The minimum absolute atomic E-state index is 0.00944. The molecule has 1 unspecified atom stereocenters. The van der Waals surface area contributed by atoms with Gasteiger partial charge in [0.15, 0.2) is 0 Å². The number of aliphatic carboxylic acids is 1. The van der Waals surface area contributed by atoms with Crippen LogP contribution in [0, 0.1) is 0 Å². The van der Waals surface area contributed by atoms with E-state index in [1.54, 1.807) is 12.1 Å². The van der Waals surface area contributed by atoms with Crippen molar-refractivity contribution in [3.05, 3.63) is 102 Å². The van der Waals surface area contributed by atoms with Gasteiger partial charge >= 0.3 is 5.97 Å². The quantitative estimate of drug-likeness (QED) is 0.478. The summed E-state index contributed by atoms with van der Waals surface area (Å²) in [4.78, 5) is 10.9. The van der Waals surface area contributed by atoms with Crippen LogP contribution in [0.25, 0.3) is 0 Å². The number of ether oxygens (including phenoxy) is 1. The summed E-state index contributed by atoms with van der Waals surface area (Å²) in [5.41, 5.74) is 3.35. The minimum Gasteiger partial charge on any atom is -0.494 e. The highest BCUT2D eigenvalue weighted by Gasteiger charge is 2.15. The number of carboxylic acid groups (broad SMARTS) is 1. The first-order valence-electron chi connectivity index (χ1n) is 10.4. The first-order chi connectivity index (χ1) is 14.6. The molecule has 0 heterocycles. The van der Waals surface area contributed by atoms with E-state index in [1.165, 1.54) is 11.1 Å². The van der Waals surface area contributed by atoms with Crippen molar-refractivity contribution in [2.24, 2.45) is 0 Å². The van der Waals surface area contributed by atoms with Crippen LogP contribution >= 0.6 is 0 Å². The zero-order valence-electron chi connectivity index (χ0n) is 17.3. The molecule has 30 heavy (non-hydrogen) atoms. The summed E-state index contributed by atoms with van der Waals surface area (Å²) in [7, 11) is 0.